The van der Waals surface area contributed by atoms with E-state index >= 15 is 0 Å². The molecule has 0 heterocycles. The van der Waals surface area contributed by atoms with Crippen molar-refractivity contribution in [2.45, 2.75) is 52.0 Å². The SMILES string of the molecule is CC(C)C[C@H](NC(=O)[C@@H](CCC(=O)O)CCc1ccccc1)C(=O)Nc1ccccc1. The minimum Gasteiger partial charge on any atom is -0.481 e. The summed E-state index contributed by atoms with van der Waals surface area (Å²) in [6.07, 6.45) is 1.84. The van der Waals surface area contributed by atoms with Crippen molar-refractivity contribution in [2.75, 3.05) is 5.32 Å². The van der Waals surface area contributed by atoms with Crippen molar-refractivity contribution in [1.29, 1.82) is 0 Å². The van der Waals surface area contributed by atoms with Crippen LogP contribution < -0.4 is 10.6 Å². The lowest BCUT2D eigenvalue weighted by Crippen LogP contribution is -2.47. The Hall–Kier alpha value is -3.15. The monoisotopic (exact) mass is 424 g/mol. The van der Waals surface area contributed by atoms with Gasteiger partial charge in [-0.15, -0.1) is 0 Å². The van der Waals surface area contributed by atoms with Crippen LogP contribution in [0.25, 0.3) is 0 Å². The molecule has 2 aromatic carbocycles. The molecule has 0 radical (unpaired) electrons. The van der Waals surface area contributed by atoms with E-state index in [-0.39, 0.29) is 30.6 Å². The number of nitrogens with one attached hydrogen (secondary N) is 2. The number of para-hydroxylation sites is 1. The predicted molar refractivity (Wildman–Crippen MR) is 122 cm³/mol. The van der Waals surface area contributed by atoms with Crippen LogP contribution in [-0.2, 0) is 20.8 Å². The maximum atomic E-state index is 13.0. The minimum absolute atomic E-state index is 0.0854. The maximum Gasteiger partial charge on any atom is 0.303 e. The van der Waals surface area contributed by atoms with E-state index in [0.29, 0.717) is 24.9 Å². The maximum absolute atomic E-state index is 13.0. The highest BCUT2D eigenvalue weighted by atomic mass is 16.4. The molecule has 0 saturated heterocycles. The second-order valence-corrected chi connectivity index (χ2v) is 8.20. The molecule has 2 rings (SSSR count). The number of carboxylic acid groups (broad SMARTS) is 1. The first kappa shape index (κ1) is 24.1. The van der Waals surface area contributed by atoms with Gasteiger partial charge in [0.2, 0.25) is 11.8 Å². The van der Waals surface area contributed by atoms with Gasteiger partial charge >= 0.3 is 5.97 Å². The first-order valence-electron chi connectivity index (χ1n) is 10.8. The Morgan fingerprint density at radius 3 is 2.06 bits per heavy atom. The van der Waals surface area contributed by atoms with Gasteiger partial charge < -0.3 is 15.7 Å². The van der Waals surface area contributed by atoms with E-state index in [2.05, 4.69) is 10.6 Å². The Morgan fingerprint density at radius 1 is 0.871 bits per heavy atom. The normalized spacial score (nSPS) is 12.7. The number of benzene rings is 2. The average Bonchev–Trinajstić information content (AvgIpc) is 2.74. The van der Waals surface area contributed by atoms with Crippen LogP contribution in [0.4, 0.5) is 5.69 Å². The van der Waals surface area contributed by atoms with E-state index in [1.807, 2.05) is 62.4 Å². The molecule has 6 heteroatoms. The van der Waals surface area contributed by atoms with Gasteiger partial charge in [-0.2, -0.15) is 0 Å². The molecule has 0 saturated carbocycles. The standard InChI is InChI=1S/C25H32N2O4/c1-18(2)17-22(25(31)26-21-11-7-4-8-12-21)27-24(30)20(15-16-23(28)29)14-13-19-9-5-3-6-10-19/h3-12,18,20,22H,13-17H2,1-2H3,(H,26,31)(H,27,30)(H,28,29)/t20-,22+/m1/s1. The summed E-state index contributed by atoms with van der Waals surface area (Å²) in [7, 11) is 0. The largest absolute Gasteiger partial charge is 0.481 e. The molecule has 3 N–H and O–H groups in total. The molecule has 2 aromatic rings. The Balaban J connectivity index is 2.07. The number of rotatable bonds is 12. The van der Waals surface area contributed by atoms with E-state index < -0.39 is 17.9 Å². The number of aliphatic carboxylic acids is 1. The molecule has 0 aliphatic heterocycles. The van der Waals surface area contributed by atoms with E-state index in [1.165, 1.54) is 0 Å². The van der Waals surface area contributed by atoms with Gasteiger partial charge in [0.05, 0.1) is 0 Å². The molecule has 0 fully saturated rings. The van der Waals surface area contributed by atoms with E-state index in [4.69, 9.17) is 5.11 Å². The highest BCUT2D eigenvalue weighted by Crippen LogP contribution is 2.18. The molecule has 0 aliphatic rings. The Labute approximate surface area is 184 Å². The van der Waals surface area contributed by atoms with E-state index in [1.54, 1.807) is 12.1 Å². The zero-order valence-electron chi connectivity index (χ0n) is 18.2. The molecule has 0 aromatic heterocycles. The topological polar surface area (TPSA) is 95.5 Å². The molecular weight excluding hydrogens is 392 g/mol. The minimum atomic E-state index is -0.932. The quantitative estimate of drug-likeness (QED) is 0.474. The molecule has 0 unspecified atom stereocenters. The molecule has 0 bridgehead atoms. The van der Waals surface area contributed by atoms with Crippen molar-refractivity contribution in [1.82, 2.24) is 5.32 Å². The number of anilines is 1. The summed E-state index contributed by atoms with van der Waals surface area (Å²) in [6.45, 7) is 3.98. The van der Waals surface area contributed by atoms with E-state index in [0.717, 1.165) is 5.56 Å². The lowest BCUT2D eigenvalue weighted by atomic mass is 9.93. The summed E-state index contributed by atoms with van der Waals surface area (Å²) in [5.41, 5.74) is 1.76. The highest BCUT2D eigenvalue weighted by Gasteiger charge is 2.26. The summed E-state index contributed by atoms with van der Waals surface area (Å²) in [6, 6.07) is 18.2. The molecule has 6 nitrogen and oxygen atoms in total. The molecule has 2 atom stereocenters. The van der Waals surface area contributed by atoms with Crippen LogP contribution in [0, 0.1) is 11.8 Å². The second kappa shape index (κ2) is 12.5. The fourth-order valence-corrected chi connectivity index (χ4v) is 3.43. The molecule has 0 spiro atoms. The lowest BCUT2D eigenvalue weighted by molar-refractivity contribution is -0.138. The zero-order valence-corrected chi connectivity index (χ0v) is 18.2. The van der Waals surface area contributed by atoms with Crippen molar-refractivity contribution < 1.29 is 19.5 Å². The summed E-state index contributed by atoms with van der Waals surface area (Å²) >= 11 is 0. The van der Waals surface area contributed by atoms with Crippen LogP contribution in [0.15, 0.2) is 60.7 Å². The molecule has 166 valence electrons. The first-order valence-corrected chi connectivity index (χ1v) is 10.8. The van der Waals surface area contributed by atoms with Crippen LogP contribution >= 0.6 is 0 Å². The van der Waals surface area contributed by atoms with Crippen LogP contribution in [-0.4, -0.2) is 28.9 Å². The van der Waals surface area contributed by atoms with Gasteiger partial charge in [-0.3, -0.25) is 14.4 Å². The van der Waals surface area contributed by atoms with Crippen molar-refractivity contribution >= 4 is 23.5 Å². The lowest BCUT2D eigenvalue weighted by Gasteiger charge is -2.23. The molecule has 0 aliphatic carbocycles. The molecule has 2 amide bonds. The third kappa shape index (κ3) is 9.03. The van der Waals surface area contributed by atoms with Crippen molar-refractivity contribution in [2.24, 2.45) is 11.8 Å². The number of carbonyl (C=O) groups excluding carboxylic acids is 2. The summed E-state index contributed by atoms with van der Waals surface area (Å²) in [5.74, 6) is -1.75. The summed E-state index contributed by atoms with van der Waals surface area (Å²) in [4.78, 5) is 37.0. The van der Waals surface area contributed by atoms with Crippen LogP contribution in [0.3, 0.4) is 0 Å². The Morgan fingerprint density at radius 2 is 1.48 bits per heavy atom. The van der Waals surface area contributed by atoms with Gasteiger partial charge in [-0.05, 0) is 49.3 Å². The predicted octanol–water partition coefficient (Wildman–Crippen LogP) is 4.27. The number of carbonyl (C=O) groups is 3. The molecule has 31 heavy (non-hydrogen) atoms. The first-order chi connectivity index (χ1) is 14.8. The highest BCUT2D eigenvalue weighted by molar-refractivity contribution is 5.97. The summed E-state index contributed by atoms with van der Waals surface area (Å²) in [5, 5.41) is 14.8. The van der Waals surface area contributed by atoms with Gasteiger partial charge in [0.1, 0.15) is 6.04 Å². The van der Waals surface area contributed by atoms with Gasteiger partial charge in [0, 0.05) is 18.0 Å². The second-order valence-electron chi connectivity index (χ2n) is 8.20. The van der Waals surface area contributed by atoms with Gasteiger partial charge in [-0.25, -0.2) is 0 Å². The van der Waals surface area contributed by atoms with E-state index in [9.17, 15) is 14.4 Å². The number of amides is 2. The molecular formula is C25H32N2O4. The van der Waals surface area contributed by atoms with Crippen LogP contribution in [0.2, 0.25) is 0 Å². The number of aryl methyl sites for hydroxylation is 1. The zero-order chi connectivity index (χ0) is 22.6. The van der Waals surface area contributed by atoms with Gasteiger partial charge in [-0.1, -0.05) is 62.4 Å². The third-order valence-electron chi connectivity index (χ3n) is 5.08. The number of hydrogen-bond acceptors (Lipinski definition) is 3. The van der Waals surface area contributed by atoms with Gasteiger partial charge in [0.25, 0.3) is 0 Å². The fourth-order valence-electron chi connectivity index (χ4n) is 3.43. The average molecular weight is 425 g/mol. The third-order valence-corrected chi connectivity index (χ3v) is 5.08. The van der Waals surface area contributed by atoms with Crippen molar-refractivity contribution in [3.05, 3.63) is 66.2 Å². The van der Waals surface area contributed by atoms with Crippen molar-refractivity contribution in [3.63, 3.8) is 0 Å². The fraction of sp³-hybridized carbons (Fsp3) is 0.400. The number of carboxylic acids is 1. The van der Waals surface area contributed by atoms with Gasteiger partial charge in [0.15, 0.2) is 0 Å². The smallest absolute Gasteiger partial charge is 0.303 e. The summed E-state index contributed by atoms with van der Waals surface area (Å²) < 4.78 is 0. The van der Waals surface area contributed by atoms with Crippen LogP contribution in [0.5, 0.6) is 0 Å². The van der Waals surface area contributed by atoms with Crippen molar-refractivity contribution in [3.8, 4) is 0 Å². The Kier molecular flexibility index (Phi) is 9.75. The Bertz CT molecular complexity index is 837. The number of hydrogen-bond donors (Lipinski definition) is 3. The van der Waals surface area contributed by atoms with Crippen LogP contribution in [0.1, 0.15) is 45.1 Å².